The van der Waals surface area contributed by atoms with Gasteiger partial charge in [0.05, 0.1) is 5.01 Å². The van der Waals surface area contributed by atoms with E-state index < -0.39 is 0 Å². The highest BCUT2D eigenvalue weighted by atomic mass is 35.5. The topological polar surface area (TPSA) is 59.2 Å². The number of benzene rings is 1. The fourth-order valence-electron chi connectivity index (χ4n) is 2.60. The van der Waals surface area contributed by atoms with Gasteiger partial charge in [0, 0.05) is 30.8 Å². The van der Waals surface area contributed by atoms with E-state index in [1.165, 1.54) is 22.5 Å². The number of likely N-dealkylation sites (N-methyl/N-ethyl adjacent to an activating group) is 1. The molecule has 0 atom stereocenters. The smallest absolute Gasteiger partial charge is 0.273 e. The molecule has 0 saturated carbocycles. The number of hydrogen-bond donors (Lipinski definition) is 1. The number of carbonyl (C=O) groups excluding carboxylic acids is 1. The van der Waals surface area contributed by atoms with Gasteiger partial charge in [-0.05, 0) is 19.0 Å². The number of nitrogens with two attached hydrogens (primary N) is 1. The van der Waals surface area contributed by atoms with Gasteiger partial charge in [0.25, 0.3) is 5.91 Å². The van der Waals surface area contributed by atoms with Gasteiger partial charge in [0.15, 0.2) is 0 Å². The minimum Gasteiger partial charge on any atom is -0.339 e. The van der Waals surface area contributed by atoms with Crippen molar-refractivity contribution in [2.24, 2.45) is 5.73 Å². The van der Waals surface area contributed by atoms with E-state index in [-0.39, 0.29) is 23.7 Å². The Bertz CT molecular complexity index is 667. The Kier molecular flexibility index (Phi) is 7.39. The number of rotatable bonds is 6. The summed E-state index contributed by atoms with van der Waals surface area (Å²) < 4.78 is 0. The third-order valence-electron chi connectivity index (χ3n) is 3.94. The van der Waals surface area contributed by atoms with Gasteiger partial charge in [0.2, 0.25) is 0 Å². The van der Waals surface area contributed by atoms with Gasteiger partial charge in [-0.1, -0.05) is 43.7 Å². The summed E-state index contributed by atoms with van der Waals surface area (Å²) in [6.45, 7) is 7.58. The van der Waals surface area contributed by atoms with Gasteiger partial charge in [-0.15, -0.1) is 23.7 Å². The molecule has 0 aliphatic carbocycles. The molecule has 1 heterocycles. The summed E-state index contributed by atoms with van der Waals surface area (Å²) in [5.41, 5.74) is 8.40. The van der Waals surface area contributed by atoms with Crippen molar-refractivity contribution in [1.29, 1.82) is 0 Å². The molecule has 1 amide bonds. The molecular formula is C18H26ClN3OS. The molecule has 0 unspecified atom stereocenters. The lowest BCUT2D eigenvalue weighted by molar-refractivity contribution is 0.0762. The van der Waals surface area contributed by atoms with Gasteiger partial charge in [-0.25, -0.2) is 4.98 Å². The highest BCUT2D eigenvalue weighted by Crippen LogP contribution is 2.25. The van der Waals surface area contributed by atoms with Gasteiger partial charge in [0.1, 0.15) is 5.69 Å². The first-order valence-corrected chi connectivity index (χ1v) is 8.68. The Balaban J connectivity index is 0.00000288. The molecule has 6 heteroatoms. The third kappa shape index (κ3) is 5.03. The second-order valence-corrected chi connectivity index (χ2v) is 7.52. The molecule has 2 aromatic rings. The van der Waals surface area contributed by atoms with Gasteiger partial charge < -0.3 is 10.6 Å². The lowest BCUT2D eigenvalue weighted by Gasteiger charge is -2.30. The van der Waals surface area contributed by atoms with Crippen LogP contribution >= 0.6 is 23.7 Å². The first kappa shape index (κ1) is 20.6. The van der Waals surface area contributed by atoms with E-state index >= 15 is 0 Å². The van der Waals surface area contributed by atoms with E-state index in [4.69, 9.17) is 5.73 Å². The molecule has 0 spiro atoms. The number of nitrogens with zero attached hydrogens (tertiary/aromatic N) is 2. The molecule has 0 saturated heterocycles. The molecule has 24 heavy (non-hydrogen) atoms. The summed E-state index contributed by atoms with van der Waals surface area (Å²) in [7, 11) is 1.83. The van der Waals surface area contributed by atoms with Gasteiger partial charge in [-0.3, -0.25) is 4.79 Å². The molecule has 0 aliphatic rings. The van der Waals surface area contributed by atoms with E-state index in [0.717, 1.165) is 11.4 Å². The highest BCUT2D eigenvalue weighted by molar-refractivity contribution is 7.09. The van der Waals surface area contributed by atoms with Crippen LogP contribution in [-0.2, 0) is 11.8 Å². The number of aryl methyl sites for hydroxylation is 1. The van der Waals surface area contributed by atoms with Crippen LogP contribution in [0.3, 0.4) is 0 Å². The zero-order valence-electron chi connectivity index (χ0n) is 14.7. The maximum Gasteiger partial charge on any atom is 0.273 e. The lowest BCUT2D eigenvalue weighted by Crippen LogP contribution is -2.38. The van der Waals surface area contributed by atoms with Crippen LogP contribution in [0.1, 0.15) is 40.5 Å². The fourth-order valence-corrected chi connectivity index (χ4v) is 3.39. The van der Waals surface area contributed by atoms with Crippen molar-refractivity contribution in [2.45, 2.75) is 32.6 Å². The number of aromatic nitrogens is 1. The van der Waals surface area contributed by atoms with E-state index in [1.807, 2.05) is 12.4 Å². The predicted molar refractivity (Wildman–Crippen MR) is 103 cm³/mol. The molecule has 2 N–H and O–H groups in total. The average molecular weight is 368 g/mol. The van der Waals surface area contributed by atoms with Crippen LogP contribution in [0.25, 0.3) is 0 Å². The number of thiazole rings is 1. The van der Waals surface area contributed by atoms with Crippen molar-refractivity contribution in [2.75, 3.05) is 20.1 Å². The fraction of sp³-hybridized carbons (Fsp3) is 0.444. The maximum atomic E-state index is 12.6. The summed E-state index contributed by atoms with van der Waals surface area (Å²) in [6.07, 6.45) is 0.719. The maximum absolute atomic E-state index is 12.6. The van der Waals surface area contributed by atoms with E-state index in [9.17, 15) is 4.79 Å². The molecule has 0 fully saturated rings. The zero-order chi connectivity index (χ0) is 17.0. The van der Waals surface area contributed by atoms with Crippen molar-refractivity contribution in [3.8, 4) is 0 Å². The second-order valence-electron chi connectivity index (χ2n) is 6.58. The zero-order valence-corrected chi connectivity index (χ0v) is 16.3. The minimum absolute atomic E-state index is 0. The standard InChI is InChI=1S/C18H25N3OS.ClH/c1-13-5-7-14(8-6-13)18(2,3)12-21(4)17(22)15-11-23-16(20-15)9-10-19;/h5-8,11H,9-10,12,19H2,1-4H3;1H. The summed E-state index contributed by atoms with van der Waals surface area (Å²) in [6, 6.07) is 8.49. The molecule has 0 bridgehead atoms. The van der Waals surface area contributed by atoms with Crippen molar-refractivity contribution >= 4 is 29.7 Å². The molecule has 1 aromatic heterocycles. The predicted octanol–water partition coefficient (Wildman–Crippen LogP) is 3.42. The molecule has 2 rings (SSSR count). The number of halogens is 1. The van der Waals surface area contributed by atoms with Gasteiger partial charge in [-0.2, -0.15) is 0 Å². The third-order valence-corrected chi connectivity index (χ3v) is 4.85. The molecular weight excluding hydrogens is 342 g/mol. The molecule has 4 nitrogen and oxygen atoms in total. The Labute approximate surface area is 154 Å². The first-order chi connectivity index (χ1) is 10.8. The molecule has 1 aromatic carbocycles. The monoisotopic (exact) mass is 367 g/mol. The Morgan fingerprint density at radius 2 is 1.92 bits per heavy atom. The van der Waals surface area contributed by atoms with Crippen LogP contribution in [0.4, 0.5) is 0 Å². The number of amides is 1. The van der Waals surface area contributed by atoms with Crippen LogP contribution < -0.4 is 5.73 Å². The summed E-state index contributed by atoms with van der Waals surface area (Å²) in [4.78, 5) is 18.7. The summed E-state index contributed by atoms with van der Waals surface area (Å²) in [5.74, 6) is -0.0373. The van der Waals surface area contributed by atoms with Crippen molar-refractivity contribution in [3.05, 3.63) is 51.5 Å². The number of carbonyl (C=O) groups is 1. The summed E-state index contributed by atoms with van der Waals surface area (Å²) >= 11 is 1.50. The van der Waals surface area contributed by atoms with Crippen LogP contribution in [-0.4, -0.2) is 35.9 Å². The normalized spacial score (nSPS) is 11.0. The minimum atomic E-state index is -0.117. The SMILES string of the molecule is Cc1ccc(C(C)(C)CN(C)C(=O)c2csc(CCN)n2)cc1.Cl. The summed E-state index contributed by atoms with van der Waals surface area (Å²) in [5, 5.41) is 2.74. The first-order valence-electron chi connectivity index (χ1n) is 7.80. The molecule has 0 aliphatic heterocycles. The van der Waals surface area contributed by atoms with Gasteiger partial charge >= 0.3 is 0 Å². The second kappa shape index (κ2) is 8.60. The average Bonchev–Trinajstić information content (AvgIpc) is 2.95. The Morgan fingerprint density at radius 3 is 2.50 bits per heavy atom. The largest absolute Gasteiger partial charge is 0.339 e. The van der Waals surface area contributed by atoms with E-state index in [0.29, 0.717) is 18.8 Å². The van der Waals surface area contributed by atoms with Crippen LogP contribution in [0.5, 0.6) is 0 Å². The van der Waals surface area contributed by atoms with E-state index in [1.54, 1.807) is 4.90 Å². The van der Waals surface area contributed by atoms with Crippen LogP contribution in [0.15, 0.2) is 29.6 Å². The van der Waals surface area contributed by atoms with Crippen molar-refractivity contribution in [3.63, 3.8) is 0 Å². The Morgan fingerprint density at radius 1 is 1.29 bits per heavy atom. The van der Waals surface area contributed by atoms with E-state index in [2.05, 4.69) is 50.0 Å². The van der Waals surface area contributed by atoms with Crippen molar-refractivity contribution < 1.29 is 4.79 Å². The quantitative estimate of drug-likeness (QED) is 0.850. The Hall–Kier alpha value is -1.43. The van der Waals surface area contributed by atoms with Crippen LogP contribution in [0.2, 0.25) is 0 Å². The highest BCUT2D eigenvalue weighted by Gasteiger charge is 2.26. The number of hydrogen-bond acceptors (Lipinski definition) is 4. The molecule has 0 radical (unpaired) electrons. The molecule has 132 valence electrons. The lowest BCUT2D eigenvalue weighted by atomic mass is 9.84. The van der Waals surface area contributed by atoms with Crippen molar-refractivity contribution in [1.82, 2.24) is 9.88 Å². The van der Waals surface area contributed by atoms with Crippen LogP contribution in [0, 0.1) is 6.92 Å².